The van der Waals surface area contributed by atoms with Crippen LogP contribution in [0.5, 0.6) is 11.5 Å². The zero-order chi connectivity index (χ0) is 14.5. The molecule has 1 amide bonds. The van der Waals surface area contributed by atoms with Crippen LogP contribution >= 0.6 is 0 Å². The Morgan fingerprint density at radius 3 is 2.70 bits per heavy atom. The van der Waals surface area contributed by atoms with E-state index in [4.69, 9.17) is 10.5 Å². The predicted molar refractivity (Wildman–Crippen MR) is 79.2 cm³/mol. The average molecular weight is 272 g/mol. The Morgan fingerprint density at radius 1 is 1.30 bits per heavy atom. The highest BCUT2D eigenvalue weighted by atomic mass is 16.5. The maximum Gasteiger partial charge on any atom is 0.215 e. The molecule has 0 aliphatic carbocycles. The minimum atomic E-state index is 0.511. The lowest BCUT2D eigenvalue weighted by Crippen LogP contribution is -2.14. The van der Waals surface area contributed by atoms with Gasteiger partial charge in [-0.2, -0.15) is 0 Å². The minimum absolute atomic E-state index is 0.511. The number of benzene rings is 1. The Labute approximate surface area is 117 Å². The molecule has 1 heterocycles. The van der Waals surface area contributed by atoms with Gasteiger partial charge in [0.05, 0.1) is 11.4 Å². The molecule has 2 rings (SSSR count). The number of nitrogens with zero attached hydrogens (tertiary/aromatic N) is 2. The normalized spacial score (nSPS) is 9.90. The van der Waals surface area contributed by atoms with Gasteiger partial charge in [-0.15, -0.1) is 0 Å². The number of anilines is 3. The van der Waals surface area contributed by atoms with Gasteiger partial charge >= 0.3 is 0 Å². The Hall–Kier alpha value is -2.76. The summed E-state index contributed by atoms with van der Waals surface area (Å²) in [7, 11) is 3.43. The van der Waals surface area contributed by atoms with E-state index in [1.807, 2.05) is 12.1 Å². The van der Waals surface area contributed by atoms with Crippen molar-refractivity contribution in [3.63, 3.8) is 0 Å². The molecule has 0 unspecified atom stereocenters. The van der Waals surface area contributed by atoms with Gasteiger partial charge in [-0.25, -0.2) is 4.98 Å². The third-order valence-electron chi connectivity index (χ3n) is 2.76. The third-order valence-corrected chi connectivity index (χ3v) is 2.76. The Balaban J connectivity index is 2.21. The van der Waals surface area contributed by atoms with E-state index in [9.17, 15) is 4.79 Å². The standard InChI is InChI=1S/C14H16N4O2/c1-16-13-4-3-10(7-12(13)15)20-11-5-6-17-14(8-11)18(2)9-19/h3-9,16H,15H2,1-2H3. The largest absolute Gasteiger partial charge is 0.457 e. The van der Waals surface area contributed by atoms with Crippen LogP contribution in [0.4, 0.5) is 17.2 Å². The lowest BCUT2D eigenvalue weighted by atomic mass is 10.2. The van der Waals surface area contributed by atoms with Crippen molar-refractivity contribution >= 4 is 23.6 Å². The van der Waals surface area contributed by atoms with Crippen LogP contribution in [0.2, 0.25) is 0 Å². The van der Waals surface area contributed by atoms with Crippen molar-refractivity contribution in [2.24, 2.45) is 0 Å². The molecule has 0 aliphatic rings. The summed E-state index contributed by atoms with van der Waals surface area (Å²) in [6.45, 7) is 0. The van der Waals surface area contributed by atoms with Crippen molar-refractivity contribution in [1.82, 2.24) is 4.98 Å². The fourth-order valence-electron chi connectivity index (χ4n) is 1.68. The summed E-state index contributed by atoms with van der Waals surface area (Å²) in [4.78, 5) is 16.2. The molecule has 0 aliphatic heterocycles. The second-order valence-corrected chi connectivity index (χ2v) is 4.17. The van der Waals surface area contributed by atoms with Crippen LogP contribution in [0, 0.1) is 0 Å². The molecule has 3 N–H and O–H groups in total. The van der Waals surface area contributed by atoms with Gasteiger partial charge in [0.2, 0.25) is 6.41 Å². The number of rotatable bonds is 5. The number of hydrogen-bond donors (Lipinski definition) is 2. The quantitative estimate of drug-likeness (QED) is 0.643. The number of hydrogen-bond acceptors (Lipinski definition) is 5. The van der Waals surface area contributed by atoms with Gasteiger partial charge in [0.25, 0.3) is 0 Å². The van der Waals surface area contributed by atoms with Crippen LogP contribution in [0.15, 0.2) is 36.5 Å². The fourth-order valence-corrected chi connectivity index (χ4v) is 1.68. The number of nitrogen functional groups attached to an aromatic ring is 1. The molecule has 0 saturated carbocycles. The van der Waals surface area contributed by atoms with Crippen molar-refractivity contribution in [2.75, 3.05) is 30.0 Å². The second kappa shape index (κ2) is 5.92. The Morgan fingerprint density at radius 2 is 2.05 bits per heavy atom. The van der Waals surface area contributed by atoms with Crippen LogP contribution in [-0.2, 0) is 4.79 Å². The molecule has 1 aromatic carbocycles. The van der Waals surface area contributed by atoms with Crippen LogP contribution in [0.25, 0.3) is 0 Å². The average Bonchev–Trinajstić information content (AvgIpc) is 2.47. The molecule has 104 valence electrons. The molecular formula is C14H16N4O2. The molecule has 0 atom stereocenters. The van der Waals surface area contributed by atoms with Crippen LogP contribution in [0.1, 0.15) is 0 Å². The first kappa shape index (κ1) is 13.7. The molecule has 0 radical (unpaired) electrons. The summed E-state index contributed by atoms with van der Waals surface area (Å²) >= 11 is 0. The summed E-state index contributed by atoms with van der Waals surface area (Å²) in [5.41, 5.74) is 7.32. The number of nitrogens with one attached hydrogen (secondary N) is 1. The van der Waals surface area contributed by atoms with E-state index in [0.717, 1.165) is 5.69 Å². The van der Waals surface area contributed by atoms with Crippen molar-refractivity contribution in [3.8, 4) is 11.5 Å². The first-order valence-electron chi connectivity index (χ1n) is 6.03. The van der Waals surface area contributed by atoms with E-state index in [1.165, 1.54) is 4.90 Å². The summed E-state index contributed by atoms with van der Waals surface area (Å²) in [6, 6.07) is 8.77. The van der Waals surface area contributed by atoms with Gasteiger partial charge in [-0.3, -0.25) is 4.79 Å². The van der Waals surface area contributed by atoms with E-state index in [2.05, 4.69) is 10.3 Å². The van der Waals surface area contributed by atoms with E-state index < -0.39 is 0 Å². The smallest absolute Gasteiger partial charge is 0.215 e. The van der Waals surface area contributed by atoms with E-state index in [1.54, 1.807) is 38.5 Å². The van der Waals surface area contributed by atoms with Crippen molar-refractivity contribution in [2.45, 2.75) is 0 Å². The number of carbonyl (C=O) groups excluding carboxylic acids is 1. The highest BCUT2D eigenvalue weighted by Crippen LogP contribution is 2.28. The predicted octanol–water partition coefficient (Wildman–Crippen LogP) is 2.09. The molecular weight excluding hydrogens is 256 g/mol. The Kier molecular flexibility index (Phi) is 4.05. The summed E-state index contributed by atoms with van der Waals surface area (Å²) in [5.74, 6) is 1.71. The number of pyridine rings is 1. The number of nitrogens with two attached hydrogens (primary N) is 1. The van der Waals surface area contributed by atoms with Gasteiger partial charge in [0.1, 0.15) is 17.3 Å². The molecule has 2 aromatic rings. The SMILES string of the molecule is CNc1ccc(Oc2ccnc(N(C)C=O)c2)cc1N. The van der Waals surface area contributed by atoms with Crippen molar-refractivity contribution in [3.05, 3.63) is 36.5 Å². The number of aromatic nitrogens is 1. The molecule has 20 heavy (non-hydrogen) atoms. The third kappa shape index (κ3) is 2.97. The second-order valence-electron chi connectivity index (χ2n) is 4.17. The van der Waals surface area contributed by atoms with Gasteiger partial charge in [-0.05, 0) is 18.2 Å². The topological polar surface area (TPSA) is 80.5 Å². The molecule has 6 heteroatoms. The molecule has 0 saturated heterocycles. The lowest BCUT2D eigenvalue weighted by molar-refractivity contribution is -0.107. The van der Waals surface area contributed by atoms with Gasteiger partial charge in [-0.1, -0.05) is 0 Å². The first-order chi connectivity index (χ1) is 9.63. The number of carbonyl (C=O) groups is 1. The first-order valence-corrected chi connectivity index (χ1v) is 6.03. The molecule has 6 nitrogen and oxygen atoms in total. The van der Waals surface area contributed by atoms with Gasteiger partial charge in [0.15, 0.2) is 0 Å². The molecule has 1 aromatic heterocycles. The summed E-state index contributed by atoms with van der Waals surface area (Å²) in [6.07, 6.45) is 2.27. The lowest BCUT2D eigenvalue weighted by Gasteiger charge is -2.12. The van der Waals surface area contributed by atoms with Crippen molar-refractivity contribution in [1.29, 1.82) is 0 Å². The minimum Gasteiger partial charge on any atom is -0.457 e. The van der Waals surface area contributed by atoms with E-state index >= 15 is 0 Å². The van der Waals surface area contributed by atoms with Crippen LogP contribution in [-0.4, -0.2) is 25.5 Å². The number of ether oxygens (including phenoxy) is 1. The molecule has 0 fully saturated rings. The van der Waals surface area contributed by atoms with Gasteiger partial charge in [0, 0.05) is 32.4 Å². The summed E-state index contributed by atoms with van der Waals surface area (Å²) in [5, 5.41) is 2.98. The maximum atomic E-state index is 10.7. The fraction of sp³-hybridized carbons (Fsp3) is 0.143. The van der Waals surface area contributed by atoms with Crippen LogP contribution in [0.3, 0.4) is 0 Å². The summed E-state index contributed by atoms with van der Waals surface area (Å²) < 4.78 is 5.70. The molecule has 0 spiro atoms. The molecule has 0 bridgehead atoms. The van der Waals surface area contributed by atoms with E-state index in [-0.39, 0.29) is 0 Å². The van der Waals surface area contributed by atoms with Crippen molar-refractivity contribution < 1.29 is 9.53 Å². The Bertz CT molecular complexity index is 616. The van der Waals surface area contributed by atoms with Crippen LogP contribution < -0.4 is 20.7 Å². The van der Waals surface area contributed by atoms with Gasteiger partial charge < -0.3 is 20.7 Å². The number of amides is 1. The highest BCUT2D eigenvalue weighted by Gasteiger charge is 2.05. The zero-order valence-electron chi connectivity index (χ0n) is 11.3. The maximum absolute atomic E-state index is 10.7. The zero-order valence-corrected chi connectivity index (χ0v) is 11.3. The van der Waals surface area contributed by atoms with E-state index in [0.29, 0.717) is 29.4 Å². The monoisotopic (exact) mass is 272 g/mol. The highest BCUT2D eigenvalue weighted by molar-refractivity contribution is 5.72.